The van der Waals surface area contributed by atoms with Crippen molar-refractivity contribution in [3.05, 3.63) is 23.8 Å². The average molecular weight is 251 g/mol. The topological polar surface area (TPSA) is 53.7 Å². The van der Waals surface area contributed by atoms with Crippen molar-refractivity contribution in [2.24, 2.45) is 5.73 Å². The number of methoxy groups -OCH3 is 2. The first-order valence-corrected chi connectivity index (χ1v) is 6.35. The van der Waals surface area contributed by atoms with Gasteiger partial charge >= 0.3 is 0 Å². The Hall–Kier alpha value is -1.26. The van der Waals surface area contributed by atoms with Gasteiger partial charge < -0.3 is 19.9 Å². The molecule has 4 heteroatoms. The lowest BCUT2D eigenvalue weighted by atomic mass is 9.95. The quantitative estimate of drug-likeness (QED) is 0.892. The molecule has 18 heavy (non-hydrogen) atoms. The number of ether oxygens (including phenoxy) is 3. The van der Waals surface area contributed by atoms with Gasteiger partial charge in [-0.05, 0) is 37.5 Å². The van der Waals surface area contributed by atoms with Crippen molar-refractivity contribution in [2.75, 3.05) is 20.8 Å². The summed E-state index contributed by atoms with van der Waals surface area (Å²) in [4.78, 5) is 0. The summed E-state index contributed by atoms with van der Waals surface area (Å²) in [5, 5.41) is 0. The van der Waals surface area contributed by atoms with Gasteiger partial charge in [-0.25, -0.2) is 0 Å². The minimum atomic E-state index is -0.171. The maximum atomic E-state index is 6.31. The van der Waals surface area contributed by atoms with Crippen molar-refractivity contribution in [3.63, 3.8) is 0 Å². The molecule has 4 nitrogen and oxygen atoms in total. The molecule has 0 aromatic heterocycles. The van der Waals surface area contributed by atoms with E-state index in [0.717, 1.165) is 36.5 Å². The number of hydrogen-bond donors (Lipinski definition) is 1. The molecule has 2 rings (SSSR count). The highest BCUT2D eigenvalue weighted by atomic mass is 16.5. The van der Waals surface area contributed by atoms with E-state index in [9.17, 15) is 0 Å². The number of nitrogens with two attached hydrogens (primary N) is 1. The summed E-state index contributed by atoms with van der Waals surface area (Å²) in [7, 11) is 3.30. The minimum absolute atomic E-state index is 0.0692. The molecule has 0 amide bonds. The first-order chi connectivity index (χ1) is 8.76. The molecule has 1 saturated heterocycles. The summed E-state index contributed by atoms with van der Waals surface area (Å²) in [6.45, 7) is 0.796. The monoisotopic (exact) mass is 251 g/mol. The third-order valence-corrected chi connectivity index (χ3v) is 3.41. The van der Waals surface area contributed by atoms with E-state index in [-0.39, 0.29) is 12.1 Å². The van der Waals surface area contributed by atoms with Crippen LogP contribution in [0.1, 0.15) is 30.9 Å². The zero-order valence-electron chi connectivity index (χ0n) is 11.0. The van der Waals surface area contributed by atoms with Crippen LogP contribution in [0.4, 0.5) is 0 Å². The molecule has 1 aromatic rings. The molecule has 2 unspecified atom stereocenters. The fourth-order valence-corrected chi connectivity index (χ4v) is 2.35. The van der Waals surface area contributed by atoms with Crippen molar-refractivity contribution in [1.82, 2.24) is 0 Å². The van der Waals surface area contributed by atoms with Crippen molar-refractivity contribution < 1.29 is 14.2 Å². The van der Waals surface area contributed by atoms with E-state index in [4.69, 9.17) is 19.9 Å². The largest absolute Gasteiger partial charge is 0.497 e. The summed E-state index contributed by atoms with van der Waals surface area (Å²) >= 11 is 0. The highest BCUT2D eigenvalue weighted by Crippen LogP contribution is 2.33. The van der Waals surface area contributed by atoms with Crippen LogP contribution in [0.5, 0.6) is 11.5 Å². The van der Waals surface area contributed by atoms with E-state index in [0.29, 0.717) is 0 Å². The molecule has 0 saturated carbocycles. The van der Waals surface area contributed by atoms with E-state index in [2.05, 4.69) is 0 Å². The van der Waals surface area contributed by atoms with Gasteiger partial charge in [0.2, 0.25) is 0 Å². The Morgan fingerprint density at radius 1 is 1.28 bits per heavy atom. The van der Waals surface area contributed by atoms with Gasteiger partial charge in [-0.2, -0.15) is 0 Å². The molecule has 1 heterocycles. The molecular weight excluding hydrogens is 230 g/mol. The second-order valence-electron chi connectivity index (χ2n) is 4.54. The van der Waals surface area contributed by atoms with Crippen molar-refractivity contribution >= 4 is 0 Å². The van der Waals surface area contributed by atoms with Crippen LogP contribution in [0.25, 0.3) is 0 Å². The number of hydrogen-bond acceptors (Lipinski definition) is 4. The van der Waals surface area contributed by atoms with Gasteiger partial charge in [-0.15, -0.1) is 0 Å². The van der Waals surface area contributed by atoms with E-state index in [1.165, 1.54) is 6.42 Å². The molecule has 100 valence electrons. The molecule has 1 aliphatic heterocycles. The molecule has 1 aromatic carbocycles. The molecule has 2 N–H and O–H groups in total. The second-order valence-corrected chi connectivity index (χ2v) is 4.54. The van der Waals surface area contributed by atoms with Crippen molar-refractivity contribution in [2.45, 2.75) is 31.4 Å². The van der Waals surface area contributed by atoms with Crippen LogP contribution in [0.15, 0.2) is 18.2 Å². The highest BCUT2D eigenvalue weighted by Gasteiger charge is 2.25. The minimum Gasteiger partial charge on any atom is -0.497 e. The first-order valence-electron chi connectivity index (χ1n) is 6.35. The predicted molar refractivity (Wildman–Crippen MR) is 70.1 cm³/mol. The lowest BCUT2D eigenvalue weighted by molar-refractivity contribution is -0.000414. The summed E-state index contributed by atoms with van der Waals surface area (Å²) < 4.78 is 16.4. The van der Waals surface area contributed by atoms with Crippen LogP contribution in [-0.4, -0.2) is 26.9 Å². The third-order valence-electron chi connectivity index (χ3n) is 3.41. The first kappa shape index (κ1) is 13.2. The van der Waals surface area contributed by atoms with E-state index in [1.54, 1.807) is 14.2 Å². The Kier molecular flexibility index (Phi) is 4.44. The lowest BCUT2D eigenvalue weighted by Gasteiger charge is -2.29. The Morgan fingerprint density at radius 3 is 2.72 bits per heavy atom. The molecule has 2 atom stereocenters. The summed E-state index contributed by atoms with van der Waals surface area (Å²) in [6.07, 6.45) is 3.37. The van der Waals surface area contributed by atoms with Crippen LogP contribution in [0, 0.1) is 0 Å². The second kappa shape index (κ2) is 6.07. The lowest BCUT2D eigenvalue weighted by Crippen LogP contribution is -2.32. The Balaban J connectivity index is 2.23. The van der Waals surface area contributed by atoms with Crippen molar-refractivity contribution in [3.8, 4) is 11.5 Å². The summed E-state index contributed by atoms with van der Waals surface area (Å²) in [5.74, 6) is 1.58. The maximum absolute atomic E-state index is 6.31. The van der Waals surface area contributed by atoms with Crippen molar-refractivity contribution in [1.29, 1.82) is 0 Å². The fourth-order valence-electron chi connectivity index (χ4n) is 2.35. The van der Waals surface area contributed by atoms with Crippen LogP contribution >= 0.6 is 0 Å². The zero-order chi connectivity index (χ0) is 13.0. The van der Waals surface area contributed by atoms with Crippen LogP contribution < -0.4 is 15.2 Å². The van der Waals surface area contributed by atoms with Gasteiger partial charge in [-0.3, -0.25) is 0 Å². The Morgan fingerprint density at radius 2 is 2.11 bits per heavy atom. The average Bonchev–Trinajstić information content (AvgIpc) is 2.46. The standard InChI is InChI=1S/C14H21NO3/c1-16-10-6-7-12(17-2)11(9-10)14(15)13-5-3-4-8-18-13/h6-7,9,13-14H,3-5,8,15H2,1-2H3. The molecular formula is C14H21NO3. The molecule has 1 aliphatic rings. The fraction of sp³-hybridized carbons (Fsp3) is 0.571. The van der Waals surface area contributed by atoms with Gasteiger partial charge in [0.15, 0.2) is 0 Å². The van der Waals surface area contributed by atoms with Gasteiger partial charge in [0.1, 0.15) is 11.5 Å². The molecule has 1 fully saturated rings. The number of benzene rings is 1. The Labute approximate surface area is 108 Å². The van der Waals surface area contributed by atoms with Gasteiger partial charge in [0, 0.05) is 12.2 Å². The zero-order valence-corrected chi connectivity index (χ0v) is 11.0. The Bertz CT molecular complexity index is 389. The molecule has 0 spiro atoms. The maximum Gasteiger partial charge on any atom is 0.123 e. The van der Waals surface area contributed by atoms with Crippen LogP contribution in [0.2, 0.25) is 0 Å². The van der Waals surface area contributed by atoms with Gasteiger partial charge in [0.05, 0.1) is 26.4 Å². The summed E-state index contributed by atoms with van der Waals surface area (Å²) in [5.41, 5.74) is 7.26. The number of rotatable bonds is 4. The molecule has 0 radical (unpaired) electrons. The SMILES string of the molecule is COc1ccc(OC)c(C(N)C2CCCCO2)c1. The van der Waals surface area contributed by atoms with E-state index in [1.807, 2.05) is 18.2 Å². The van der Waals surface area contributed by atoms with E-state index >= 15 is 0 Å². The van der Waals surface area contributed by atoms with Gasteiger partial charge in [0.25, 0.3) is 0 Å². The highest BCUT2D eigenvalue weighted by molar-refractivity contribution is 5.42. The molecule has 0 bridgehead atoms. The molecule has 0 aliphatic carbocycles. The van der Waals surface area contributed by atoms with Crippen LogP contribution in [-0.2, 0) is 4.74 Å². The van der Waals surface area contributed by atoms with E-state index < -0.39 is 0 Å². The predicted octanol–water partition coefficient (Wildman–Crippen LogP) is 2.27. The smallest absolute Gasteiger partial charge is 0.123 e. The normalized spacial score (nSPS) is 21.4. The third kappa shape index (κ3) is 2.76. The van der Waals surface area contributed by atoms with Crippen LogP contribution in [0.3, 0.4) is 0 Å². The summed E-state index contributed by atoms with van der Waals surface area (Å²) in [6, 6.07) is 5.52. The van der Waals surface area contributed by atoms with Gasteiger partial charge in [-0.1, -0.05) is 0 Å².